The Balaban J connectivity index is 1.71. The molecule has 0 aliphatic carbocycles. The average Bonchev–Trinajstić information content (AvgIpc) is 3.14. The molecule has 25 heavy (non-hydrogen) atoms. The summed E-state index contributed by atoms with van der Waals surface area (Å²) < 4.78 is 1.61. The van der Waals surface area contributed by atoms with E-state index in [4.69, 9.17) is 11.6 Å². The zero-order chi connectivity index (χ0) is 18.0. The summed E-state index contributed by atoms with van der Waals surface area (Å²) in [5.74, 6) is -0.717. The van der Waals surface area contributed by atoms with Crippen LogP contribution in [0.2, 0.25) is 5.02 Å². The number of nitrogens with zero attached hydrogens (tertiary/aromatic N) is 4. The van der Waals surface area contributed by atoms with Gasteiger partial charge in [0.2, 0.25) is 0 Å². The highest BCUT2D eigenvalue weighted by Gasteiger charge is 2.25. The number of aromatic nitrogens is 4. The van der Waals surface area contributed by atoms with Crippen molar-refractivity contribution in [2.24, 2.45) is 0 Å². The van der Waals surface area contributed by atoms with Crippen LogP contribution in [0.15, 0.2) is 41.0 Å². The van der Waals surface area contributed by atoms with Gasteiger partial charge in [-0.05, 0) is 38.5 Å². The average molecular weight is 426 g/mol. The summed E-state index contributed by atoms with van der Waals surface area (Å²) in [6.45, 7) is 0.480. The fourth-order valence-electron chi connectivity index (χ4n) is 2.10. The van der Waals surface area contributed by atoms with Gasteiger partial charge in [-0.3, -0.25) is 9.48 Å². The Bertz CT molecular complexity index is 954. The van der Waals surface area contributed by atoms with Gasteiger partial charge in [-0.25, -0.2) is 0 Å². The van der Waals surface area contributed by atoms with Crippen LogP contribution >= 0.6 is 27.5 Å². The molecule has 0 bridgehead atoms. The number of aromatic amines is 1. The van der Waals surface area contributed by atoms with E-state index in [9.17, 15) is 14.9 Å². The first-order valence-corrected chi connectivity index (χ1v) is 8.08. The number of amides is 1. The van der Waals surface area contributed by atoms with E-state index >= 15 is 0 Å². The van der Waals surface area contributed by atoms with Crippen molar-refractivity contribution in [1.29, 1.82) is 0 Å². The van der Waals surface area contributed by atoms with Crippen molar-refractivity contribution in [2.75, 3.05) is 5.32 Å². The minimum Gasteiger partial charge on any atom is -0.358 e. The lowest BCUT2D eigenvalue weighted by Crippen LogP contribution is -2.14. The highest BCUT2D eigenvalue weighted by molar-refractivity contribution is 9.10. The van der Waals surface area contributed by atoms with Crippen molar-refractivity contribution in [3.05, 3.63) is 67.4 Å². The van der Waals surface area contributed by atoms with Crippen LogP contribution in [0.5, 0.6) is 0 Å². The van der Waals surface area contributed by atoms with Gasteiger partial charge in [-0.1, -0.05) is 28.8 Å². The highest BCUT2D eigenvalue weighted by Crippen LogP contribution is 2.25. The predicted octanol–water partition coefficient (Wildman–Crippen LogP) is 3.23. The number of carbonyl (C=O) groups excluding carboxylic acids is 1. The Morgan fingerprint density at radius 1 is 1.44 bits per heavy atom. The van der Waals surface area contributed by atoms with Crippen LogP contribution in [0.25, 0.3) is 0 Å². The molecule has 0 atom stereocenters. The van der Waals surface area contributed by atoms with Gasteiger partial charge in [-0.2, -0.15) is 5.10 Å². The Labute approximate surface area is 154 Å². The zero-order valence-corrected chi connectivity index (χ0v) is 14.8. The van der Waals surface area contributed by atoms with Crippen LogP contribution in [-0.4, -0.2) is 30.8 Å². The molecular formula is C14H10BrClN6O3. The molecule has 128 valence electrons. The summed E-state index contributed by atoms with van der Waals surface area (Å²) >= 11 is 8.93. The summed E-state index contributed by atoms with van der Waals surface area (Å²) in [5, 5.41) is 24.0. The third-order valence-corrected chi connectivity index (χ3v) is 4.19. The van der Waals surface area contributed by atoms with Gasteiger partial charge in [0.05, 0.1) is 6.54 Å². The third-order valence-electron chi connectivity index (χ3n) is 3.20. The Morgan fingerprint density at radius 3 is 2.92 bits per heavy atom. The molecule has 3 rings (SSSR count). The number of H-pyrrole nitrogens is 1. The maximum atomic E-state index is 12.2. The van der Waals surface area contributed by atoms with Crippen LogP contribution in [-0.2, 0) is 6.54 Å². The second kappa shape index (κ2) is 7.03. The van der Waals surface area contributed by atoms with E-state index < -0.39 is 16.6 Å². The van der Waals surface area contributed by atoms with Gasteiger partial charge in [0, 0.05) is 17.3 Å². The number of hydrogen-bond acceptors (Lipinski definition) is 5. The summed E-state index contributed by atoms with van der Waals surface area (Å²) in [5.41, 5.74) is 0.829. The van der Waals surface area contributed by atoms with Crippen LogP contribution in [0.1, 0.15) is 16.1 Å². The van der Waals surface area contributed by atoms with Gasteiger partial charge in [0.1, 0.15) is 4.47 Å². The minimum absolute atomic E-state index is 0.0200. The van der Waals surface area contributed by atoms with Crippen LogP contribution in [0.4, 0.5) is 11.6 Å². The number of hydrogen-bond donors (Lipinski definition) is 2. The summed E-state index contributed by atoms with van der Waals surface area (Å²) in [6.07, 6.45) is 1.69. The predicted molar refractivity (Wildman–Crippen MR) is 93.7 cm³/mol. The van der Waals surface area contributed by atoms with Crippen molar-refractivity contribution in [3.8, 4) is 0 Å². The lowest BCUT2D eigenvalue weighted by atomic mass is 10.2. The molecule has 3 aromatic rings. The molecule has 1 amide bonds. The lowest BCUT2D eigenvalue weighted by Gasteiger charge is -2.02. The first kappa shape index (κ1) is 17.1. The number of nitrogens with one attached hydrogen (secondary N) is 2. The number of rotatable bonds is 5. The highest BCUT2D eigenvalue weighted by atomic mass is 79.9. The molecule has 0 saturated heterocycles. The molecule has 11 heteroatoms. The van der Waals surface area contributed by atoms with Crippen molar-refractivity contribution >= 4 is 45.1 Å². The fraction of sp³-hybridized carbons (Fsp3) is 0.0714. The van der Waals surface area contributed by atoms with E-state index in [1.807, 2.05) is 18.2 Å². The monoisotopic (exact) mass is 424 g/mol. The summed E-state index contributed by atoms with van der Waals surface area (Å²) in [4.78, 5) is 22.3. The van der Waals surface area contributed by atoms with Crippen molar-refractivity contribution < 1.29 is 9.72 Å². The van der Waals surface area contributed by atoms with E-state index in [0.717, 1.165) is 5.56 Å². The topological polar surface area (TPSA) is 119 Å². The van der Waals surface area contributed by atoms with Gasteiger partial charge in [0.15, 0.2) is 11.5 Å². The smallest absolute Gasteiger partial charge is 0.357 e. The van der Waals surface area contributed by atoms with Gasteiger partial charge >= 0.3 is 5.82 Å². The molecule has 0 aliphatic heterocycles. The largest absolute Gasteiger partial charge is 0.358 e. The van der Waals surface area contributed by atoms with E-state index in [0.29, 0.717) is 17.4 Å². The van der Waals surface area contributed by atoms with Gasteiger partial charge < -0.3 is 15.4 Å². The zero-order valence-electron chi connectivity index (χ0n) is 12.4. The molecule has 1 aromatic carbocycles. The maximum absolute atomic E-state index is 12.2. The standard InChI is InChI=1S/C14H10BrClN6O3/c15-11-12(18-19-13(11)22(24)25)14(23)17-10-4-5-21(20-10)7-8-2-1-3-9(16)6-8/h1-6H,7H2,(H,18,19)(H,17,20,23). The number of carbonyl (C=O) groups is 1. The SMILES string of the molecule is O=C(Nc1ccn(Cc2cccc(Cl)c2)n1)c1n[nH]c([N+](=O)[O-])c1Br. The van der Waals surface area contributed by atoms with E-state index in [-0.39, 0.29) is 10.2 Å². The van der Waals surface area contributed by atoms with E-state index in [1.165, 1.54) is 0 Å². The number of anilines is 1. The van der Waals surface area contributed by atoms with Crippen LogP contribution in [0, 0.1) is 10.1 Å². The maximum Gasteiger partial charge on any atom is 0.357 e. The molecule has 2 aromatic heterocycles. The van der Waals surface area contributed by atoms with E-state index in [2.05, 4.69) is 36.5 Å². The van der Waals surface area contributed by atoms with Crippen molar-refractivity contribution in [2.45, 2.75) is 6.54 Å². The lowest BCUT2D eigenvalue weighted by molar-refractivity contribution is -0.390. The van der Waals surface area contributed by atoms with Crippen LogP contribution in [0.3, 0.4) is 0 Å². The second-order valence-electron chi connectivity index (χ2n) is 4.97. The Morgan fingerprint density at radius 2 is 2.24 bits per heavy atom. The molecule has 0 fully saturated rings. The minimum atomic E-state index is -0.673. The molecule has 2 N–H and O–H groups in total. The number of halogens is 2. The van der Waals surface area contributed by atoms with Crippen molar-refractivity contribution in [3.63, 3.8) is 0 Å². The Hall–Kier alpha value is -2.72. The van der Waals surface area contributed by atoms with Crippen LogP contribution < -0.4 is 5.32 Å². The van der Waals surface area contributed by atoms with Gasteiger partial charge in [-0.15, -0.1) is 5.10 Å². The molecule has 9 nitrogen and oxygen atoms in total. The summed E-state index contributed by atoms with van der Waals surface area (Å²) in [7, 11) is 0. The molecule has 0 radical (unpaired) electrons. The summed E-state index contributed by atoms with van der Waals surface area (Å²) in [6, 6.07) is 8.96. The quantitative estimate of drug-likeness (QED) is 0.480. The van der Waals surface area contributed by atoms with Gasteiger partial charge in [0.25, 0.3) is 5.91 Å². The van der Waals surface area contributed by atoms with Crippen molar-refractivity contribution in [1.82, 2.24) is 20.0 Å². The first-order chi connectivity index (χ1) is 11.9. The molecular weight excluding hydrogens is 416 g/mol. The second-order valence-corrected chi connectivity index (χ2v) is 6.20. The molecule has 0 unspecified atom stereocenters. The Kier molecular flexibility index (Phi) is 4.81. The number of nitro groups is 1. The molecule has 0 aliphatic rings. The molecule has 2 heterocycles. The number of benzene rings is 1. The van der Waals surface area contributed by atoms with E-state index in [1.54, 1.807) is 23.0 Å². The third kappa shape index (κ3) is 3.86. The fourth-order valence-corrected chi connectivity index (χ4v) is 2.82. The molecule has 0 saturated carbocycles. The first-order valence-electron chi connectivity index (χ1n) is 6.91. The normalized spacial score (nSPS) is 10.6. The molecule has 0 spiro atoms.